The first kappa shape index (κ1) is 17.4. The SMILES string of the molecule is C=CCCC(CCC)c1cccnc1Cc1cccc2ccccc12. The van der Waals surface area contributed by atoms with Crippen molar-refractivity contribution in [2.45, 2.75) is 44.9 Å². The zero-order chi connectivity index (χ0) is 17.5. The molecule has 0 aliphatic heterocycles. The molecule has 0 N–H and O–H groups in total. The fraction of sp³-hybridized carbons (Fsp3) is 0.292. The highest BCUT2D eigenvalue weighted by Crippen LogP contribution is 2.30. The van der Waals surface area contributed by atoms with Gasteiger partial charge < -0.3 is 0 Å². The zero-order valence-corrected chi connectivity index (χ0v) is 15.1. The molecule has 3 aromatic rings. The van der Waals surface area contributed by atoms with Gasteiger partial charge in [0.2, 0.25) is 0 Å². The Kier molecular flexibility index (Phi) is 6.00. The largest absolute Gasteiger partial charge is 0.261 e. The zero-order valence-electron chi connectivity index (χ0n) is 15.1. The fourth-order valence-corrected chi connectivity index (χ4v) is 3.72. The van der Waals surface area contributed by atoms with Crippen LogP contribution < -0.4 is 0 Å². The van der Waals surface area contributed by atoms with Gasteiger partial charge in [0.05, 0.1) is 0 Å². The van der Waals surface area contributed by atoms with E-state index in [1.54, 1.807) is 0 Å². The minimum atomic E-state index is 0.571. The van der Waals surface area contributed by atoms with Crippen molar-refractivity contribution in [3.8, 4) is 0 Å². The summed E-state index contributed by atoms with van der Waals surface area (Å²) in [5, 5.41) is 2.63. The maximum Gasteiger partial charge on any atom is 0.0482 e. The lowest BCUT2D eigenvalue weighted by molar-refractivity contribution is 0.568. The van der Waals surface area contributed by atoms with E-state index in [4.69, 9.17) is 4.98 Å². The Balaban J connectivity index is 1.96. The Morgan fingerprint density at radius 1 is 1.00 bits per heavy atom. The molecule has 0 saturated carbocycles. The Morgan fingerprint density at radius 3 is 2.68 bits per heavy atom. The summed E-state index contributed by atoms with van der Waals surface area (Å²) < 4.78 is 0. The predicted octanol–water partition coefficient (Wildman–Crippen LogP) is 6.68. The van der Waals surface area contributed by atoms with Crippen LogP contribution in [0.15, 0.2) is 73.4 Å². The second-order valence-corrected chi connectivity index (χ2v) is 6.71. The summed E-state index contributed by atoms with van der Waals surface area (Å²) in [7, 11) is 0. The summed E-state index contributed by atoms with van der Waals surface area (Å²) in [5.41, 5.74) is 4.00. The summed E-state index contributed by atoms with van der Waals surface area (Å²) in [4.78, 5) is 4.77. The normalized spacial score (nSPS) is 12.2. The third-order valence-corrected chi connectivity index (χ3v) is 4.96. The smallest absolute Gasteiger partial charge is 0.0482 e. The van der Waals surface area contributed by atoms with Gasteiger partial charge in [-0.1, -0.05) is 68.0 Å². The van der Waals surface area contributed by atoms with Crippen LogP contribution in [0, 0.1) is 0 Å². The first-order valence-corrected chi connectivity index (χ1v) is 9.34. The average Bonchev–Trinajstić information content (AvgIpc) is 2.66. The second-order valence-electron chi connectivity index (χ2n) is 6.71. The van der Waals surface area contributed by atoms with E-state index >= 15 is 0 Å². The monoisotopic (exact) mass is 329 g/mol. The third-order valence-electron chi connectivity index (χ3n) is 4.96. The molecule has 0 fully saturated rings. The van der Waals surface area contributed by atoms with Crippen LogP contribution >= 0.6 is 0 Å². The van der Waals surface area contributed by atoms with Crippen molar-refractivity contribution >= 4 is 10.8 Å². The van der Waals surface area contributed by atoms with E-state index in [9.17, 15) is 0 Å². The molecule has 1 nitrogen and oxygen atoms in total. The van der Waals surface area contributed by atoms with E-state index in [-0.39, 0.29) is 0 Å². The number of benzene rings is 2. The van der Waals surface area contributed by atoms with E-state index in [0.717, 1.165) is 19.3 Å². The number of aromatic nitrogens is 1. The van der Waals surface area contributed by atoms with Crippen LogP contribution in [-0.2, 0) is 6.42 Å². The quantitative estimate of drug-likeness (QED) is 0.420. The molecule has 3 rings (SSSR count). The van der Waals surface area contributed by atoms with Gasteiger partial charge in [0.25, 0.3) is 0 Å². The molecule has 0 amide bonds. The molecular weight excluding hydrogens is 302 g/mol. The first-order chi connectivity index (χ1) is 12.3. The van der Waals surface area contributed by atoms with Gasteiger partial charge in [-0.2, -0.15) is 0 Å². The second kappa shape index (κ2) is 8.62. The van der Waals surface area contributed by atoms with E-state index < -0.39 is 0 Å². The predicted molar refractivity (Wildman–Crippen MR) is 108 cm³/mol. The highest BCUT2D eigenvalue weighted by atomic mass is 14.7. The summed E-state index contributed by atoms with van der Waals surface area (Å²) in [6.07, 6.45) is 9.49. The van der Waals surface area contributed by atoms with Crippen LogP contribution in [0.2, 0.25) is 0 Å². The van der Waals surface area contributed by atoms with Gasteiger partial charge in [0, 0.05) is 18.3 Å². The summed E-state index contributed by atoms with van der Waals surface area (Å²) >= 11 is 0. The Hall–Kier alpha value is -2.41. The maximum atomic E-state index is 4.77. The van der Waals surface area contributed by atoms with Gasteiger partial charge in [-0.3, -0.25) is 4.98 Å². The number of fused-ring (bicyclic) bond motifs is 1. The molecule has 0 saturated heterocycles. The lowest BCUT2D eigenvalue weighted by Crippen LogP contribution is -2.06. The van der Waals surface area contributed by atoms with Gasteiger partial charge in [-0.25, -0.2) is 0 Å². The fourth-order valence-electron chi connectivity index (χ4n) is 3.72. The van der Waals surface area contributed by atoms with Crippen LogP contribution in [0.4, 0.5) is 0 Å². The van der Waals surface area contributed by atoms with Gasteiger partial charge in [0.15, 0.2) is 0 Å². The lowest BCUT2D eigenvalue weighted by Gasteiger charge is -2.19. The van der Waals surface area contributed by atoms with Gasteiger partial charge in [-0.15, -0.1) is 6.58 Å². The van der Waals surface area contributed by atoms with Gasteiger partial charge in [-0.05, 0) is 53.1 Å². The molecule has 0 radical (unpaired) electrons. The van der Waals surface area contributed by atoms with E-state index in [1.807, 2.05) is 12.3 Å². The molecule has 0 aliphatic carbocycles. The van der Waals surface area contributed by atoms with Gasteiger partial charge >= 0.3 is 0 Å². The Labute approximate surface area is 151 Å². The third kappa shape index (κ3) is 4.17. The summed E-state index contributed by atoms with van der Waals surface area (Å²) in [6, 6.07) is 19.6. The van der Waals surface area contributed by atoms with E-state index in [2.05, 4.69) is 68.1 Å². The van der Waals surface area contributed by atoms with E-state index in [0.29, 0.717) is 5.92 Å². The van der Waals surface area contributed by atoms with Crippen molar-refractivity contribution < 1.29 is 0 Å². The minimum absolute atomic E-state index is 0.571. The molecule has 1 atom stereocenters. The average molecular weight is 329 g/mol. The molecule has 1 aromatic heterocycles. The molecule has 0 bridgehead atoms. The molecule has 2 aromatic carbocycles. The first-order valence-electron chi connectivity index (χ1n) is 9.34. The van der Waals surface area contributed by atoms with Crippen LogP contribution in [0.25, 0.3) is 10.8 Å². The summed E-state index contributed by atoms with van der Waals surface area (Å²) in [6.45, 7) is 6.16. The molecule has 0 spiro atoms. The highest BCUT2D eigenvalue weighted by molar-refractivity contribution is 5.85. The van der Waals surface area contributed by atoms with Crippen molar-refractivity contribution in [2.24, 2.45) is 0 Å². The van der Waals surface area contributed by atoms with Crippen molar-refractivity contribution in [3.05, 3.63) is 90.3 Å². The Morgan fingerprint density at radius 2 is 1.84 bits per heavy atom. The van der Waals surface area contributed by atoms with Crippen LogP contribution in [-0.4, -0.2) is 4.98 Å². The van der Waals surface area contributed by atoms with Crippen LogP contribution in [0.5, 0.6) is 0 Å². The molecule has 0 aliphatic rings. The number of rotatable bonds is 8. The number of hydrogen-bond acceptors (Lipinski definition) is 1. The van der Waals surface area contributed by atoms with Crippen molar-refractivity contribution in [3.63, 3.8) is 0 Å². The summed E-state index contributed by atoms with van der Waals surface area (Å²) in [5.74, 6) is 0.571. The van der Waals surface area contributed by atoms with E-state index in [1.165, 1.54) is 40.4 Å². The topological polar surface area (TPSA) is 12.9 Å². The molecule has 1 unspecified atom stereocenters. The number of pyridine rings is 1. The lowest BCUT2D eigenvalue weighted by atomic mass is 9.87. The standard InChI is InChI=1S/C24H27N/c1-3-5-11-19(10-4-2)23-16-9-17-25-24(23)18-21-14-8-13-20-12-6-7-15-22(20)21/h3,6-9,12-17,19H,1,4-5,10-11,18H2,2H3. The van der Waals surface area contributed by atoms with Crippen molar-refractivity contribution in [1.82, 2.24) is 4.98 Å². The Bertz CT molecular complexity index is 829. The molecule has 25 heavy (non-hydrogen) atoms. The molecule has 128 valence electrons. The van der Waals surface area contributed by atoms with Crippen LogP contribution in [0.3, 0.4) is 0 Å². The minimum Gasteiger partial charge on any atom is -0.261 e. The van der Waals surface area contributed by atoms with Crippen molar-refractivity contribution in [2.75, 3.05) is 0 Å². The number of nitrogens with zero attached hydrogens (tertiary/aromatic N) is 1. The maximum absolute atomic E-state index is 4.77. The highest BCUT2D eigenvalue weighted by Gasteiger charge is 2.15. The van der Waals surface area contributed by atoms with Crippen LogP contribution in [0.1, 0.15) is 55.3 Å². The molecular formula is C24H27N. The molecule has 1 heteroatoms. The van der Waals surface area contributed by atoms with Crippen molar-refractivity contribution in [1.29, 1.82) is 0 Å². The molecule has 1 heterocycles. The number of allylic oxidation sites excluding steroid dienone is 1. The van der Waals surface area contributed by atoms with Gasteiger partial charge in [0.1, 0.15) is 0 Å². The number of hydrogen-bond donors (Lipinski definition) is 0.